The van der Waals surface area contributed by atoms with Crippen LogP contribution in [0, 0.1) is 28.6 Å². The summed E-state index contributed by atoms with van der Waals surface area (Å²) < 4.78 is 33.0. The van der Waals surface area contributed by atoms with E-state index in [-0.39, 0.29) is 41.8 Å². The van der Waals surface area contributed by atoms with Gasteiger partial charge in [0.1, 0.15) is 6.17 Å². The van der Waals surface area contributed by atoms with Gasteiger partial charge in [-0.25, -0.2) is 8.78 Å². The van der Waals surface area contributed by atoms with Crippen molar-refractivity contribution in [3.05, 3.63) is 53.1 Å². The van der Waals surface area contributed by atoms with Crippen molar-refractivity contribution in [1.82, 2.24) is 0 Å². The molecule has 1 aromatic carbocycles. The van der Waals surface area contributed by atoms with Crippen LogP contribution in [0.25, 0.3) is 0 Å². The minimum absolute atomic E-state index is 0.00316. The lowest BCUT2D eigenvalue weighted by Crippen LogP contribution is -2.70. The quantitative estimate of drug-likeness (QED) is 0.600. The predicted octanol–water partition coefficient (Wildman–Crippen LogP) is 4.96. The van der Waals surface area contributed by atoms with Crippen LogP contribution in [0.15, 0.2) is 48.1 Å². The highest BCUT2D eigenvalue weighted by atomic mass is 35.5. The van der Waals surface area contributed by atoms with Crippen LogP contribution >= 0.6 is 11.6 Å². The maximum atomic E-state index is 17.4. The Labute approximate surface area is 214 Å². The Morgan fingerprint density at radius 2 is 1.89 bits per heavy atom. The molecule has 6 rings (SSSR count). The summed E-state index contributed by atoms with van der Waals surface area (Å²) in [5, 5.41) is 13.8. The molecule has 0 aromatic heterocycles. The van der Waals surface area contributed by atoms with Crippen LogP contribution in [0.3, 0.4) is 0 Å². The van der Waals surface area contributed by atoms with Crippen LogP contribution in [0.2, 0.25) is 5.02 Å². The van der Waals surface area contributed by atoms with Crippen LogP contribution in [0.4, 0.5) is 14.5 Å². The molecule has 1 N–H and O–H groups in total. The molecule has 0 radical (unpaired) electrons. The molecule has 36 heavy (non-hydrogen) atoms. The van der Waals surface area contributed by atoms with Gasteiger partial charge in [0, 0.05) is 27.7 Å². The molecule has 1 aliphatic heterocycles. The standard InChI is InChI=1S/C28H30ClF2NO4/c1-15(33)28-16(14-32(36-28)18-6-4-17(29)5-7-18)10-20-21-12-23(30)22-11-19(34)8-9-25(22,2)27(21,31)24(35)13-26(20,28)3/h4-9,11,16,20-21,23-24,35H,10,12-14H2,1-3H3/t16?,20-,21-,23-,24-,25-,26-,27-,28+/m0/s1. The molecule has 5 aliphatic rings. The van der Waals surface area contributed by atoms with Gasteiger partial charge in [0.15, 0.2) is 22.8 Å². The summed E-state index contributed by atoms with van der Waals surface area (Å²) in [7, 11) is 0. The van der Waals surface area contributed by atoms with E-state index < -0.39 is 40.3 Å². The third-order valence-electron chi connectivity index (χ3n) is 10.3. The van der Waals surface area contributed by atoms with Crippen molar-refractivity contribution in [3.8, 4) is 0 Å². The summed E-state index contributed by atoms with van der Waals surface area (Å²) in [4.78, 5) is 31.9. The maximum absolute atomic E-state index is 17.4. The van der Waals surface area contributed by atoms with Crippen molar-refractivity contribution in [2.45, 2.75) is 63.6 Å². The zero-order valence-corrected chi connectivity index (χ0v) is 21.3. The number of Topliss-reactive ketones (excluding diaryl/α,β-unsaturated/α-hetero) is 1. The molecule has 0 amide bonds. The first-order valence-corrected chi connectivity index (χ1v) is 13.0. The summed E-state index contributed by atoms with van der Waals surface area (Å²) in [6.07, 6.45) is 1.26. The number of nitrogens with zero attached hydrogens (tertiary/aromatic N) is 1. The van der Waals surface area contributed by atoms with E-state index in [4.69, 9.17) is 16.4 Å². The number of benzene rings is 1. The molecule has 3 saturated carbocycles. The lowest BCUT2D eigenvalue weighted by atomic mass is 9.44. The molecule has 192 valence electrons. The number of halogens is 3. The summed E-state index contributed by atoms with van der Waals surface area (Å²) in [6, 6.07) is 7.14. The second kappa shape index (κ2) is 7.49. The first-order valence-electron chi connectivity index (χ1n) is 12.6. The Balaban J connectivity index is 1.43. The van der Waals surface area contributed by atoms with Crippen LogP contribution in [0.5, 0.6) is 0 Å². The highest BCUT2D eigenvalue weighted by molar-refractivity contribution is 6.30. The van der Waals surface area contributed by atoms with E-state index >= 15 is 8.78 Å². The van der Waals surface area contributed by atoms with Gasteiger partial charge in [-0.05, 0) is 81.0 Å². The van der Waals surface area contributed by atoms with E-state index in [1.807, 2.05) is 19.1 Å². The van der Waals surface area contributed by atoms with Crippen molar-refractivity contribution in [2.75, 3.05) is 11.6 Å². The van der Waals surface area contributed by atoms with Crippen molar-refractivity contribution in [3.63, 3.8) is 0 Å². The fourth-order valence-electron chi connectivity index (χ4n) is 8.67. The van der Waals surface area contributed by atoms with Crippen LogP contribution < -0.4 is 5.06 Å². The Morgan fingerprint density at radius 1 is 1.19 bits per heavy atom. The summed E-state index contributed by atoms with van der Waals surface area (Å²) in [5.41, 5.74) is -4.93. The number of fused-ring (bicyclic) bond motifs is 7. The highest BCUT2D eigenvalue weighted by Crippen LogP contribution is 2.72. The number of hydroxylamine groups is 1. The Bertz CT molecular complexity index is 1220. The third kappa shape index (κ3) is 2.72. The number of hydrogen-bond donors (Lipinski definition) is 1. The number of hydrogen-bond acceptors (Lipinski definition) is 5. The van der Waals surface area contributed by atoms with Crippen molar-refractivity contribution in [1.29, 1.82) is 0 Å². The number of anilines is 1. The highest BCUT2D eigenvalue weighted by Gasteiger charge is 2.79. The van der Waals surface area contributed by atoms with E-state index in [0.717, 1.165) is 5.69 Å². The summed E-state index contributed by atoms with van der Waals surface area (Å²) in [5.74, 6) is -2.01. The van der Waals surface area contributed by atoms with Gasteiger partial charge >= 0.3 is 0 Å². The van der Waals surface area contributed by atoms with Gasteiger partial charge in [0.2, 0.25) is 0 Å². The number of aliphatic hydroxyl groups is 1. The molecule has 8 heteroatoms. The first-order chi connectivity index (χ1) is 16.9. The molecular weight excluding hydrogens is 488 g/mol. The summed E-state index contributed by atoms with van der Waals surface area (Å²) in [6.45, 7) is 5.40. The Kier molecular flexibility index (Phi) is 5.04. The van der Waals surface area contributed by atoms with Gasteiger partial charge in [-0.15, -0.1) is 0 Å². The minimum Gasteiger partial charge on any atom is -0.390 e. The monoisotopic (exact) mass is 517 g/mol. The van der Waals surface area contributed by atoms with Gasteiger partial charge in [0.05, 0.1) is 18.3 Å². The Morgan fingerprint density at radius 3 is 2.56 bits per heavy atom. The van der Waals surface area contributed by atoms with Crippen LogP contribution in [-0.2, 0) is 14.4 Å². The molecule has 1 aromatic rings. The molecule has 0 bridgehead atoms. The first kappa shape index (κ1) is 24.3. The van der Waals surface area contributed by atoms with E-state index in [0.29, 0.717) is 18.0 Å². The smallest absolute Gasteiger partial charge is 0.178 e. The lowest BCUT2D eigenvalue weighted by Gasteiger charge is -2.63. The zero-order chi connectivity index (χ0) is 25.8. The number of alkyl halides is 2. The van der Waals surface area contributed by atoms with E-state index in [1.165, 1.54) is 25.2 Å². The van der Waals surface area contributed by atoms with Crippen molar-refractivity contribution < 1.29 is 28.3 Å². The molecule has 4 aliphatic carbocycles. The largest absolute Gasteiger partial charge is 0.390 e. The molecule has 5 nitrogen and oxygen atoms in total. The van der Waals surface area contributed by atoms with Gasteiger partial charge in [-0.1, -0.05) is 24.6 Å². The average molecular weight is 518 g/mol. The molecule has 1 unspecified atom stereocenters. The van der Waals surface area contributed by atoms with Gasteiger partial charge < -0.3 is 5.11 Å². The molecule has 1 saturated heterocycles. The SMILES string of the molecule is CC(=O)[C@@]12ON(c3ccc(Cl)cc3)CC1C[C@H]1[C@@H]3C[C@H](F)C4=CC(=O)C=C[C@]4(C)[C@@]3(F)[C@@H](O)C[C@@]12C. The number of rotatable bonds is 2. The fourth-order valence-corrected chi connectivity index (χ4v) is 8.79. The molecule has 4 fully saturated rings. The normalized spacial score (nSPS) is 47.1. The van der Waals surface area contributed by atoms with Crippen LogP contribution in [-0.4, -0.2) is 46.8 Å². The fraction of sp³-hybridized carbons (Fsp3) is 0.571. The van der Waals surface area contributed by atoms with Crippen molar-refractivity contribution in [2.24, 2.45) is 28.6 Å². The van der Waals surface area contributed by atoms with Crippen LogP contribution in [0.1, 0.15) is 40.0 Å². The van der Waals surface area contributed by atoms with Gasteiger partial charge in [-0.2, -0.15) is 0 Å². The minimum atomic E-state index is -2.17. The second-order valence-corrected chi connectivity index (χ2v) is 12.1. The molecular formula is C28H30ClF2NO4. The van der Waals surface area contributed by atoms with Crippen molar-refractivity contribution >= 4 is 28.9 Å². The molecule has 9 atom stereocenters. The van der Waals surface area contributed by atoms with E-state index in [1.54, 1.807) is 24.1 Å². The van der Waals surface area contributed by atoms with E-state index in [9.17, 15) is 14.7 Å². The average Bonchev–Trinajstić information content (AvgIpc) is 3.32. The zero-order valence-electron chi connectivity index (χ0n) is 20.5. The number of aliphatic hydroxyl groups excluding tert-OH is 1. The van der Waals surface area contributed by atoms with Gasteiger partial charge in [-0.3, -0.25) is 19.5 Å². The number of carbonyl (C=O) groups is 2. The molecule has 1 heterocycles. The Hall–Kier alpha value is -2.09. The topological polar surface area (TPSA) is 66.8 Å². The number of allylic oxidation sites excluding steroid dienone is 4. The number of carbonyl (C=O) groups excluding carboxylic acids is 2. The second-order valence-electron chi connectivity index (χ2n) is 11.7. The van der Waals surface area contributed by atoms with Gasteiger partial charge in [0.25, 0.3) is 0 Å². The third-order valence-corrected chi connectivity index (χ3v) is 10.5. The van der Waals surface area contributed by atoms with E-state index in [2.05, 4.69) is 0 Å². The number of ketones is 2. The lowest BCUT2D eigenvalue weighted by molar-refractivity contribution is -0.226. The predicted molar refractivity (Wildman–Crippen MR) is 131 cm³/mol. The maximum Gasteiger partial charge on any atom is 0.178 e. The molecule has 0 spiro atoms. The summed E-state index contributed by atoms with van der Waals surface area (Å²) >= 11 is 6.04.